The van der Waals surface area contributed by atoms with Gasteiger partial charge in [0.1, 0.15) is 4.90 Å². The molecule has 0 bridgehead atoms. The van der Waals surface area contributed by atoms with Crippen LogP contribution in [0.1, 0.15) is 33.6 Å². The van der Waals surface area contributed by atoms with Gasteiger partial charge in [0, 0.05) is 12.6 Å². The molecule has 0 spiro atoms. The molecule has 0 aliphatic carbocycles. The molecule has 0 unspecified atom stereocenters. The number of nitro groups is 1. The Morgan fingerprint density at radius 2 is 2.00 bits per heavy atom. The van der Waals surface area contributed by atoms with Crippen molar-refractivity contribution in [1.29, 1.82) is 0 Å². The van der Waals surface area contributed by atoms with Gasteiger partial charge in [-0.3, -0.25) is 14.8 Å². The van der Waals surface area contributed by atoms with Gasteiger partial charge in [-0.2, -0.15) is 0 Å². The lowest BCUT2D eigenvalue weighted by Gasteiger charge is -2.03. The summed E-state index contributed by atoms with van der Waals surface area (Å²) in [5, 5.41) is 10.9. The quantitative estimate of drug-likeness (QED) is 0.244. The lowest BCUT2D eigenvalue weighted by molar-refractivity contribution is -0.387. The van der Waals surface area contributed by atoms with Crippen molar-refractivity contribution in [2.75, 3.05) is 6.54 Å². The van der Waals surface area contributed by atoms with Crippen LogP contribution < -0.4 is 4.72 Å². The minimum Gasteiger partial charge on any atom is -0.258 e. The van der Waals surface area contributed by atoms with E-state index in [0.29, 0.717) is 11.4 Å². The van der Waals surface area contributed by atoms with E-state index in [2.05, 4.69) is 37.6 Å². The number of nitro benzene ring substituents is 1. The summed E-state index contributed by atoms with van der Waals surface area (Å²) in [4.78, 5) is 11.2. The third-order valence-electron chi connectivity index (χ3n) is 2.87. The number of allylic oxidation sites excluding steroid dienone is 3. The van der Waals surface area contributed by atoms with E-state index in [-0.39, 0.29) is 10.6 Å². The van der Waals surface area contributed by atoms with Gasteiger partial charge in [0.25, 0.3) is 5.69 Å². The van der Waals surface area contributed by atoms with Gasteiger partial charge in [-0.15, -0.1) is 0 Å². The maximum atomic E-state index is 10.9. The van der Waals surface area contributed by atoms with Gasteiger partial charge in [-0.25, -0.2) is 0 Å². The standard InChI is InChI=1S/C16H22N2O2S/c1-13(2)7-6-8-14(3)11-12-17-21-16-10-5-4-9-15(16)18(19)20/h4-5,7,9-11,17H,6,8,12H2,1-3H3/b14-11+. The summed E-state index contributed by atoms with van der Waals surface area (Å²) in [5.41, 5.74) is 2.80. The Kier molecular flexibility index (Phi) is 7.79. The van der Waals surface area contributed by atoms with E-state index < -0.39 is 0 Å². The first-order valence-electron chi connectivity index (χ1n) is 6.93. The highest BCUT2D eigenvalue weighted by Gasteiger charge is 2.11. The van der Waals surface area contributed by atoms with Gasteiger partial charge in [0.15, 0.2) is 0 Å². The van der Waals surface area contributed by atoms with Crippen molar-refractivity contribution in [3.05, 3.63) is 57.7 Å². The van der Waals surface area contributed by atoms with Crippen LogP contribution in [0.4, 0.5) is 5.69 Å². The van der Waals surface area contributed by atoms with Crippen molar-refractivity contribution >= 4 is 17.6 Å². The van der Waals surface area contributed by atoms with Crippen LogP contribution in [0, 0.1) is 10.1 Å². The Balaban J connectivity index is 2.40. The molecule has 0 amide bonds. The monoisotopic (exact) mass is 306 g/mol. The fourth-order valence-corrected chi connectivity index (χ4v) is 2.44. The molecule has 0 heterocycles. The second-order valence-electron chi connectivity index (χ2n) is 5.05. The molecule has 21 heavy (non-hydrogen) atoms. The molecule has 4 nitrogen and oxygen atoms in total. The topological polar surface area (TPSA) is 55.2 Å². The minimum absolute atomic E-state index is 0.138. The molecule has 114 valence electrons. The van der Waals surface area contributed by atoms with E-state index in [1.54, 1.807) is 18.2 Å². The Morgan fingerprint density at radius 1 is 1.29 bits per heavy atom. The second kappa shape index (κ2) is 9.37. The molecular formula is C16H22N2O2S. The number of nitrogens with zero attached hydrogens (tertiary/aromatic N) is 1. The maximum absolute atomic E-state index is 10.9. The molecule has 0 atom stereocenters. The van der Waals surface area contributed by atoms with Crippen LogP contribution in [0.2, 0.25) is 0 Å². The molecule has 0 radical (unpaired) electrons. The van der Waals surface area contributed by atoms with Crippen molar-refractivity contribution < 1.29 is 4.92 Å². The van der Waals surface area contributed by atoms with E-state index in [4.69, 9.17) is 0 Å². The highest BCUT2D eigenvalue weighted by Crippen LogP contribution is 2.26. The summed E-state index contributed by atoms with van der Waals surface area (Å²) in [6, 6.07) is 6.75. The summed E-state index contributed by atoms with van der Waals surface area (Å²) in [7, 11) is 0. The van der Waals surface area contributed by atoms with Crippen LogP contribution in [0.3, 0.4) is 0 Å². The van der Waals surface area contributed by atoms with Gasteiger partial charge >= 0.3 is 0 Å². The predicted molar refractivity (Wildman–Crippen MR) is 89.4 cm³/mol. The highest BCUT2D eigenvalue weighted by atomic mass is 32.2. The van der Waals surface area contributed by atoms with E-state index in [1.807, 2.05) is 0 Å². The zero-order valence-corrected chi connectivity index (χ0v) is 13.6. The Labute approximate surface area is 130 Å². The van der Waals surface area contributed by atoms with Gasteiger partial charge < -0.3 is 0 Å². The summed E-state index contributed by atoms with van der Waals surface area (Å²) >= 11 is 1.30. The number of nitrogens with one attached hydrogen (secondary N) is 1. The van der Waals surface area contributed by atoms with E-state index >= 15 is 0 Å². The molecule has 0 saturated heterocycles. The number of benzene rings is 1. The first-order chi connectivity index (χ1) is 10.0. The fraction of sp³-hybridized carbons (Fsp3) is 0.375. The maximum Gasteiger partial charge on any atom is 0.284 e. The van der Waals surface area contributed by atoms with Crippen LogP contribution in [0.25, 0.3) is 0 Å². The van der Waals surface area contributed by atoms with Gasteiger partial charge in [-0.1, -0.05) is 35.4 Å². The molecule has 1 rings (SSSR count). The summed E-state index contributed by atoms with van der Waals surface area (Å²) < 4.78 is 3.15. The number of para-hydroxylation sites is 1. The van der Waals surface area contributed by atoms with Gasteiger partial charge in [0.2, 0.25) is 0 Å². The van der Waals surface area contributed by atoms with Crippen molar-refractivity contribution in [1.82, 2.24) is 4.72 Å². The SMILES string of the molecule is CC(C)=CCC/C(C)=C/CNSc1ccccc1[N+](=O)[O-]. The third-order valence-corrected chi connectivity index (χ3v) is 3.75. The second-order valence-corrected chi connectivity index (χ2v) is 5.98. The Hall–Kier alpha value is -1.59. The van der Waals surface area contributed by atoms with Gasteiger partial charge in [-0.05, 0) is 51.6 Å². The van der Waals surface area contributed by atoms with Crippen LogP contribution in [0.15, 0.2) is 52.5 Å². The Morgan fingerprint density at radius 3 is 2.67 bits per heavy atom. The molecule has 0 fully saturated rings. The molecule has 0 aliphatic rings. The molecule has 1 aromatic rings. The predicted octanol–water partition coefficient (Wildman–Crippen LogP) is 4.88. The molecule has 1 aromatic carbocycles. The molecule has 1 N–H and O–H groups in total. The first kappa shape index (κ1) is 17.5. The smallest absolute Gasteiger partial charge is 0.258 e. The van der Waals surface area contributed by atoms with Crippen molar-refractivity contribution in [2.24, 2.45) is 0 Å². The van der Waals surface area contributed by atoms with Gasteiger partial charge in [0.05, 0.1) is 4.92 Å². The van der Waals surface area contributed by atoms with Crippen molar-refractivity contribution in [3.63, 3.8) is 0 Å². The van der Waals surface area contributed by atoms with E-state index in [1.165, 1.54) is 29.2 Å². The van der Waals surface area contributed by atoms with Crippen molar-refractivity contribution in [2.45, 2.75) is 38.5 Å². The van der Waals surface area contributed by atoms with E-state index in [0.717, 1.165) is 12.8 Å². The number of rotatable bonds is 8. The average Bonchev–Trinajstić information content (AvgIpc) is 2.43. The zero-order valence-electron chi connectivity index (χ0n) is 12.8. The summed E-state index contributed by atoms with van der Waals surface area (Å²) in [6.45, 7) is 7.00. The average molecular weight is 306 g/mol. The van der Waals surface area contributed by atoms with Crippen LogP contribution in [-0.4, -0.2) is 11.5 Å². The van der Waals surface area contributed by atoms with Crippen LogP contribution in [0.5, 0.6) is 0 Å². The third kappa shape index (κ3) is 7.11. The first-order valence-corrected chi connectivity index (χ1v) is 7.74. The molecule has 0 aromatic heterocycles. The normalized spacial score (nSPS) is 11.3. The zero-order chi connectivity index (χ0) is 15.7. The highest BCUT2D eigenvalue weighted by molar-refractivity contribution is 7.97. The lowest BCUT2D eigenvalue weighted by Crippen LogP contribution is -2.04. The van der Waals surface area contributed by atoms with Crippen LogP contribution in [-0.2, 0) is 0 Å². The molecule has 0 aliphatic heterocycles. The molecule has 0 saturated carbocycles. The van der Waals surface area contributed by atoms with Crippen LogP contribution >= 0.6 is 11.9 Å². The number of hydrogen-bond donors (Lipinski definition) is 1. The van der Waals surface area contributed by atoms with E-state index in [9.17, 15) is 10.1 Å². The molecule has 5 heteroatoms. The molecular weight excluding hydrogens is 284 g/mol. The fourth-order valence-electron chi connectivity index (χ4n) is 1.72. The summed E-state index contributed by atoms with van der Waals surface area (Å²) in [5.74, 6) is 0. The largest absolute Gasteiger partial charge is 0.284 e. The number of hydrogen-bond acceptors (Lipinski definition) is 4. The van der Waals surface area contributed by atoms with Crippen molar-refractivity contribution in [3.8, 4) is 0 Å². The minimum atomic E-state index is -0.357. The summed E-state index contributed by atoms with van der Waals surface area (Å²) in [6.07, 6.45) is 6.46. The lowest BCUT2D eigenvalue weighted by atomic mass is 10.1. The Bertz CT molecular complexity index is 535.